The summed E-state index contributed by atoms with van der Waals surface area (Å²) in [5, 5.41) is 4.65. The van der Waals surface area contributed by atoms with Gasteiger partial charge in [-0.3, -0.25) is 0 Å². The number of hydrogen-bond donors (Lipinski definition) is 1. The van der Waals surface area contributed by atoms with E-state index >= 15 is 0 Å². The Morgan fingerprint density at radius 2 is 2.24 bits per heavy atom. The maximum Gasteiger partial charge on any atom is 0.129 e. The van der Waals surface area contributed by atoms with Gasteiger partial charge in [-0.15, -0.1) is 11.8 Å². The quantitative estimate of drug-likeness (QED) is 0.826. The lowest BCUT2D eigenvalue weighted by atomic mass is 10.0. The summed E-state index contributed by atoms with van der Waals surface area (Å²) in [5.41, 5.74) is 2.63. The maximum atomic E-state index is 6.12. The molecule has 0 radical (unpaired) electrons. The van der Waals surface area contributed by atoms with Crippen molar-refractivity contribution in [1.82, 2.24) is 5.32 Å². The predicted molar refractivity (Wildman–Crippen MR) is 72.6 cm³/mol. The molecule has 1 aromatic carbocycles. The molecule has 0 amide bonds. The third kappa shape index (κ3) is 2.06. The standard InChI is InChI=1S/C14H19NOS/c1-9-8-15-13(17-9)11-6-4-5-10-7-14(2,3)16-12(10)11/h4-6,9,13,15H,7-8H2,1-3H3. The number of nitrogens with one attached hydrogen (secondary N) is 1. The summed E-state index contributed by atoms with van der Waals surface area (Å²) in [4.78, 5) is 0. The Bertz CT molecular complexity index is 444. The molecule has 17 heavy (non-hydrogen) atoms. The highest BCUT2D eigenvalue weighted by Crippen LogP contribution is 2.45. The van der Waals surface area contributed by atoms with Crippen molar-refractivity contribution in [3.05, 3.63) is 29.3 Å². The molecular formula is C14H19NOS. The van der Waals surface area contributed by atoms with Gasteiger partial charge >= 0.3 is 0 Å². The van der Waals surface area contributed by atoms with E-state index in [9.17, 15) is 0 Å². The number of rotatable bonds is 1. The van der Waals surface area contributed by atoms with Crippen LogP contribution in [0.2, 0.25) is 0 Å². The number of thioether (sulfide) groups is 1. The van der Waals surface area contributed by atoms with E-state index in [1.807, 2.05) is 11.8 Å². The molecule has 1 N–H and O–H groups in total. The van der Waals surface area contributed by atoms with E-state index in [4.69, 9.17) is 4.74 Å². The van der Waals surface area contributed by atoms with Crippen molar-refractivity contribution in [1.29, 1.82) is 0 Å². The normalized spacial score (nSPS) is 30.1. The fourth-order valence-electron chi connectivity index (χ4n) is 2.63. The number of benzene rings is 1. The Hall–Kier alpha value is -0.670. The molecule has 2 aliphatic rings. The highest BCUT2D eigenvalue weighted by molar-refractivity contribution is 8.00. The molecule has 2 unspecified atom stereocenters. The highest BCUT2D eigenvalue weighted by atomic mass is 32.2. The van der Waals surface area contributed by atoms with Crippen molar-refractivity contribution in [3.8, 4) is 5.75 Å². The average Bonchev–Trinajstić information content (AvgIpc) is 2.78. The molecule has 0 bridgehead atoms. The van der Waals surface area contributed by atoms with Gasteiger partial charge < -0.3 is 10.1 Å². The molecule has 0 spiro atoms. The van der Waals surface area contributed by atoms with Gasteiger partial charge in [0.15, 0.2) is 0 Å². The van der Waals surface area contributed by atoms with E-state index in [1.165, 1.54) is 11.1 Å². The van der Waals surface area contributed by atoms with Gasteiger partial charge in [0.1, 0.15) is 11.4 Å². The zero-order valence-electron chi connectivity index (χ0n) is 10.6. The Balaban J connectivity index is 1.95. The number of ether oxygens (including phenoxy) is 1. The smallest absolute Gasteiger partial charge is 0.129 e. The summed E-state index contributed by atoms with van der Waals surface area (Å²) in [6.45, 7) is 7.68. The summed E-state index contributed by atoms with van der Waals surface area (Å²) < 4.78 is 6.12. The first-order chi connectivity index (χ1) is 8.05. The molecule has 0 saturated carbocycles. The van der Waals surface area contributed by atoms with Crippen molar-refractivity contribution >= 4 is 11.8 Å². The van der Waals surface area contributed by atoms with Crippen molar-refractivity contribution in [2.24, 2.45) is 0 Å². The Labute approximate surface area is 107 Å². The highest BCUT2D eigenvalue weighted by Gasteiger charge is 2.34. The topological polar surface area (TPSA) is 21.3 Å². The fourth-order valence-corrected chi connectivity index (χ4v) is 3.81. The lowest BCUT2D eigenvalue weighted by Gasteiger charge is -2.20. The second-order valence-corrected chi connectivity index (χ2v) is 7.16. The third-order valence-electron chi connectivity index (χ3n) is 3.36. The van der Waals surface area contributed by atoms with Crippen molar-refractivity contribution < 1.29 is 4.74 Å². The van der Waals surface area contributed by atoms with Gasteiger partial charge in [0, 0.05) is 23.8 Å². The van der Waals surface area contributed by atoms with Crippen LogP contribution in [0.15, 0.2) is 18.2 Å². The van der Waals surface area contributed by atoms with Gasteiger partial charge in [0.05, 0.1) is 5.37 Å². The van der Waals surface area contributed by atoms with Crippen molar-refractivity contribution in [2.75, 3.05) is 6.54 Å². The Morgan fingerprint density at radius 1 is 1.41 bits per heavy atom. The van der Waals surface area contributed by atoms with Gasteiger partial charge in [-0.05, 0) is 19.4 Å². The minimum absolute atomic E-state index is 0.0483. The SMILES string of the molecule is CC1CNC(c2cccc3c2OC(C)(C)C3)S1. The Kier molecular flexibility index (Phi) is 2.64. The van der Waals surface area contributed by atoms with E-state index in [0.29, 0.717) is 10.6 Å². The van der Waals surface area contributed by atoms with E-state index in [1.54, 1.807) is 0 Å². The zero-order chi connectivity index (χ0) is 12.0. The molecule has 2 heterocycles. The van der Waals surface area contributed by atoms with E-state index in [0.717, 1.165) is 18.7 Å². The fraction of sp³-hybridized carbons (Fsp3) is 0.571. The van der Waals surface area contributed by atoms with E-state index in [2.05, 4.69) is 44.3 Å². The molecule has 92 valence electrons. The Morgan fingerprint density at radius 3 is 2.94 bits per heavy atom. The van der Waals surface area contributed by atoms with Crippen LogP contribution in [-0.2, 0) is 6.42 Å². The van der Waals surface area contributed by atoms with Gasteiger partial charge in [-0.2, -0.15) is 0 Å². The first-order valence-corrected chi connectivity index (χ1v) is 7.19. The number of fused-ring (bicyclic) bond motifs is 1. The molecule has 2 atom stereocenters. The summed E-state index contributed by atoms with van der Waals surface area (Å²) >= 11 is 1.99. The molecule has 0 aliphatic carbocycles. The molecule has 3 rings (SSSR count). The van der Waals surface area contributed by atoms with Gasteiger partial charge in [0.2, 0.25) is 0 Å². The van der Waals surface area contributed by atoms with Crippen LogP contribution in [0.4, 0.5) is 0 Å². The maximum absolute atomic E-state index is 6.12. The molecule has 3 heteroatoms. The summed E-state index contributed by atoms with van der Waals surface area (Å²) in [6, 6.07) is 6.55. The monoisotopic (exact) mass is 249 g/mol. The largest absolute Gasteiger partial charge is 0.487 e. The third-order valence-corrected chi connectivity index (χ3v) is 4.69. The average molecular weight is 249 g/mol. The first-order valence-electron chi connectivity index (χ1n) is 6.25. The minimum Gasteiger partial charge on any atom is -0.487 e. The van der Waals surface area contributed by atoms with Crippen LogP contribution < -0.4 is 10.1 Å². The van der Waals surface area contributed by atoms with E-state index in [-0.39, 0.29) is 5.60 Å². The van der Waals surface area contributed by atoms with Crippen LogP contribution in [0.3, 0.4) is 0 Å². The second-order valence-electron chi connectivity index (χ2n) is 5.61. The van der Waals surface area contributed by atoms with Crippen LogP contribution in [-0.4, -0.2) is 17.4 Å². The van der Waals surface area contributed by atoms with Crippen LogP contribution in [0, 0.1) is 0 Å². The molecule has 1 aromatic rings. The van der Waals surface area contributed by atoms with Crippen LogP contribution >= 0.6 is 11.8 Å². The van der Waals surface area contributed by atoms with E-state index < -0.39 is 0 Å². The summed E-state index contributed by atoms with van der Waals surface area (Å²) in [5.74, 6) is 1.12. The lowest BCUT2D eigenvalue weighted by Crippen LogP contribution is -2.25. The number of para-hydroxylation sites is 1. The van der Waals surface area contributed by atoms with Gasteiger partial charge in [0.25, 0.3) is 0 Å². The van der Waals surface area contributed by atoms with Crippen LogP contribution in [0.25, 0.3) is 0 Å². The minimum atomic E-state index is -0.0483. The summed E-state index contributed by atoms with van der Waals surface area (Å²) in [6.07, 6.45) is 1.02. The lowest BCUT2D eigenvalue weighted by molar-refractivity contribution is 0.137. The molecule has 1 saturated heterocycles. The predicted octanol–water partition coefficient (Wildman–Crippen LogP) is 3.12. The summed E-state index contributed by atoms with van der Waals surface area (Å²) in [7, 11) is 0. The van der Waals surface area contributed by atoms with Crippen molar-refractivity contribution in [3.63, 3.8) is 0 Å². The second kappa shape index (κ2) is 3.92. The van der Waals surface area contributed by atoms with Crippen LogP contribution in [0.5, 0.6) is 5.75 Å². The number of hydrogen-bond acceptors (Lipinski definition) is 3. The van der Waals surface area contributed by atoms with Crippen molar-refractivity contribution in [2.45, 2.75) is 43.4 Å². The molecule has 2 aliphatic heterocycles. The van der Waals surface area contributed by atoms with Gasteiger partial charge in [-0.25, -0.2) is 0 Å². The zero-order valence-corrected chi connectivity index (χ0v) is 11.4. The first kappa shape index (κ1) is 11.4. The molecule has 1 fully saturated rings. The molecular weight excluding hydrogens is 230 g/mol. The molecule has 2 nitrogen and oxygen atoms in total. The van der Waals surface area contributed by atoms with Gasteiger partial charge in [-0.1, -0.05) is 25.1 Å². The molecule has 0 aromatic heterocycles. The van der Waals surface area contributed by atoms with Crippen LogP contribution in [0.1, 0.15) is 37.3 Å².